The Morgan fingerprint density at radius 2 is 1.88 bits per heavy atom. The van der Waals surface area contributed by atoms with E-state index in [2.05, 4.69) is 5.32 Å². The van der Waals surface area contributed by atoms with Crippen LogP contribution in [-0.2, 0) is 4.79 Å². The molecule has 2 heterocycles. The van der Waals surface area contributed by atoms with Crippen molar-refractivity contribution in [1.82, 2.24) is 10.2 Å². The summed E-state index contributed by atoms with van der Waals surface area (Å²) in [6, 6.07) is 5.30. The summed E-state index contributed by atoms with van der Waals surface area (Å²) < 4.78 is 11.0. The first-order valence-electron chi connectivity index (χ1n) is 8.65. The van der Waals surface area contributed by atoms with Crippen LogP contribution >= 0.6 is 0 Å². The number of benzene rings is 1. The maximum absolute atomic E-state index is 12.7. The van der Waals surface area contributed by atoms with Crippen molar-refractivity contribution < 1.29 is 19.1 Å². The summed E-state index contributed by atoms with van der Waals surface area (Å²) in [5, 5.41) is 2.94. The van der Waals surface area contributed by atoms with Crippen molar-refractivity contribution in [2.75, 3.05) is 32.8 Å². The fourth-order valence-corrected chi connectivity index (χ4v) is 3.10. The summed E-state index contributed by atoms with van der Waals surface area (Å²) in [4.78, 5) is 26.5. The van der Waals surface area contributed by atoms with E-state index in [0.717, 1.165) is 13.0 Å². The first kappa shape index (κ1) is 16.6. The second-order valence-electron chi connectivity index (χ2n) is 6.22. The zero-order chi connectivity index (χ0) is 16.9. The molecule has 0 aliphatic carbocycles. The summed E-state index contributed by atoms with van der Waals surface area (Å²) in [6.07, 6.45) is 2.37. The average molecular weight is 332 g/mol. The van der Waals surface area contributed by atoms with Crippen LogP contribution in [0.5, 0.6) is 11.5 Å². The molecule has 2 aliphatic heterocycles. The van der Waals surface area contributed by atoms with E-state index in [1.165, 1.54) is 0 Å². The highest BCUT2D eigenvalue weighted by Gasteiger charge is 2.28. The number of piperidine rings is 1. The van der Waals surface area contributed by atoms with Gasteiger partial charge in [0, 0.05) is 31.1 Å². The molecule has 1 saturated heterocycles. The smallest absolute Gasteiger partial charge is 0.253 e. The molecule has 2 aliphatic rings. The Morgan fingerprint density at radius 1 is 1.17 bits per heavy atom. The Labute approximate surface area is 142 Å². The predicted octanol–water partition coefficient (Wildman–Crippen LogP) is 1.84. The van der Waals surface area contributed by atoms with Crippen LogP contribution < -0.4 is 14.8 Å². The number of nitrogens with one attached hydrogen (secondary N) is 1. The summed E-state index contributed by atoms with van der Waals surface area (Å²) in [5.41, 5.74) is 0.605. The Kier molecular flexibility index (Phi) is 5.23. The molecule has 24 heavy (non-hydrogen) atoms. The molecule has 0 unspecified atom stereocenters. The molecule has 1 fully saturated rings. The summed E-state index contributed by atoms with van der Waals surface area (Å²) in [7, 11) is 0. The number of nitrogens with zero attached hydrogens (tertiary/aromatic N) is 1. The van der Waals surface area contributed by atoms with Crippen molar-refractivity contribution in [3.05, 3.63) is 23.8 Å². The topological polar surface area (TPSA) is 67.9 Å². The standard InChI is InChI=1S/C18H24N2O4/c1-2-7-19-17(21)13-5-8-20(9-6-13)18(22)14-3-4-15-16(12-14)24-11-10-23-15/h3-4,12-13H,2,5-11H2,1H3,(H,19,21). The number of carbonyl (C=O) groups is 2. The third-order valence-electron chi connectivity index (χ3n) is 4.49. The van der Waals surface area contributed by atoms with E-state index in [1.807, 2.05) is 11.8 Å². The lowest BCUT2D eigenvalue weighted by Crippen LogP contribution is -2.43. The molecule has 1 aromatic carbocycles. The van der Waals surface area contributed by atoms with E-state index in [4.69, 9.17) is 9.47 Å². The molecular formula is C18H24N2O4. The minimum absolute atomic E-state index is 0.0145. The van der Waals surface area contributed by atoms with Gasteiger partial charge in [-0.2, -0.15) is 0 Å². The monoisotopic (exact) mass is 332 g/mol. The van der Waals surface area contributed by atoms with E-state index in [1.54, 1.807) is 18.2 Å². The molecule has 0 spiro atoms. The number of likely N-dealkylation sites (tertiary alicyclic amines) is 1. The molecule has 1 N–H and O–H groups in total. The summed E-state index contributed by atoms with van der Waals surface area (Å²) in [5.74, 6) is 1.42. The predicted molar refractivity (Wildman–Crippen MR) is 89.4 cm³/mol. The van der Waals surface area contributed by atoms with E-state index in [-0.39, 0.29) is 17.7 Å². The number of amides is 2. The molecule has 0 radical (unpaired) electrons. The first-order chi connectivity index (χ1) is 11.7. The van der Waals surface area contributed by atoms with E-state index < -0.39 is 0 Å². The molecular weight excluding hydrogens is 308 g/mol. The van der Waals surface area contributed by atoms with Gasteiger partial charge in [-0.25, -0.2) is 0 Å². The Balaban J connectivity index is 1.58. The molecule has 0 aromatic heterocycles. The average Bonchev–Trinajstić information content (AvgIpc) is 2.65. The van der Waals surface area contributed by atoms with Gasteiger partial charge in [-0.1, -0.05) is 6.92 Å². The summed E-state index contributed by atoms with van der Waals surface area (Å²) >= 11 is 0. The van der Waals surface area contributed by atoms with Crippen molar-refractivity contribution in [1.29, 1.82) is 0 Å². The van der Waals surface area contributed by atoms with Crippen LogP contribution in [0.3, 0.4) is 0 Å². The fraction of sp³-hybridized carbons (Fsp3) is 0.556. The van der Waals surface area contributed by atoms with Gasteiger partial charge in [-0.05, 0) is 37.5 Å². The largest absolute Gasteiger partial charge is 0.486 e. The minimum atomic E-state index is -0.0145. The maximum Gasteiger partial charge on any atom is 0.253 e. The van der Waals surface area contributed by atoms with Crippen LogP contribution in [0.1, 0.15) is 36.5 Å². The lowest BCUT2D eigenvalue weighted by atomic mass is 9.95. The zero-order valence-electron chi connectivity index (χ0n) is 14.0. The second kappa shape index (κ2) is 7.55. The zero-order valence-corrected chi connectivity index (χ0v) is 14.0. The number of fused-ring (bicyclic) bond motifs is 1. The Bertz CT molecular complexity index is 609. The Morgan fingerprint density at radius 3 is 2.58 bits per heavy atom. The van der Waals surface area contributed by atoms with Crippen LogP contribution in [0.2, 0.25) is 0 Å². The highest BCUT2D eigenvalue weighted by Crippen LogP contribution is 2.31. The second-order valence-corrected chi connectivity index (χ2v) is 6.22. The van der Waals surface area contributed by atoms with Gasteiger partial charge >= 0.3 is 0 Å². The maximum atomic E-state index is 12.7. The van der Waals surface area contributed by atoms with Crippen molar-refractivity contribution in [3.63, 3.8) is 0 Å². The van der Waals surface area contributed by atoms with Crippen LogP contribution in [0.15, 0.2) is 18.2 Å². The normalized spacial score (nSPS) is 17.5. The molecule has 0 saturated carbocycles. The van der Waals surface area contributed by atoms with Gasteiger partial charge in [0.15, 0.2) is 11.5 Å². The van der Waals surface area contributed by atoms with Gasteiger partial charge in [0.1, 0.15) is 13.2 Å². The van der Waals surface area contributed by atoms with Crippen molar-refractivity contribution in [2.24, 2.45) is 5.92 Å². The number of hydrogen-bond donors (Lipinski definition) is 1. The van der Waals surface area contributed by atoms with Crippen molar-refractivity contribution >= 4 is 11.8 Å². The molecule has 1 aromatic rings. The van der Waals surface area contributed by atoms with E-state index in [9.17, 15) is 9.59 Å². The molecule has 2 amide bonds. The third kappa shape index (κ3) is 3.63. The number of rotatable bonds is 4. The van der Waals surface area contributed by atoms with Crippen molar-refractivity contribution in [3.8, 4) is 11.5 Å². The fourth-order valence-electron chi connectivity index (χ4n) is 3.10. The van der Waals surface area contributed by atoms with Crippen LogP contribution in [0.25, 0.3) is 0 Å². The molecule has 3 rings (SSSR count). The molecule has 0 atom stereocenters. The van der Waals surface area contributed by atoms with Crippen molar-refractivity contribution in [2.45, 2.75) is 26.2 Å². The molecule has 130 valence electrons. The highest BCUT2D eigenvalue weighted by atomic mass is 16.6. The molecule has 6 heteroatoms. The lowest BCUT2D eigenvalue weighted by Gasteiger charge is -2.31. The van der Waals surface area contributed by atoms with Gasteiger partial charge in [-0.3, -0.25) is 9.59 Å². The molecule has 6 nitrogen and oxygen atoms in total. The Hall–Kier alpha value is -2.24. The minimum Gasteiger partial charge on any atom is -0.486 e. The first-order valence-corrected chi connectivity index (χ1v) is 8.65. The molecule has 0 bridgehead atoms. The van der Waals surface area contributed by atoms with Gasteiger partial charge in [-0.15, -0.1) is 0 Å². The number of carbonyl (C=O) groups excluding carboxylic acids is 2. The van der Waals surface area contributed by atoms with E-state index >= 15 is 0 Å². The van der Waals surface area contributed by atoms with Gasteiger partial charge < -0.3 is 19.7 Å². The third-order valence-corrected chi connectivity index (χ3v) is 4.49. The van der Waals surface area contributed by atoms with E-state index in [0.29, 0.717) is 56.2 Å². The van der Waals surface area contributed by atoms with Crippen LogP contribution in [0, 0.1) is 5.92 Å². The summed E-state index contributed by atoms with van der Waals surface area (Å²) in [6.45, 7) is 5.01. The van der Waals surface area contributed by atoms with Crippen LogP contribution in [0.4, 0.5) is 0 Å². The SMILES string of the molecule is CCCNC(=O)C1CCN(C(=O)c2ccc3c(c2)OCCO3)CC1. The van der Waals surface area contributed by atoms with Gasteiger partial charge in [0.25, 0.3) is 5.91 Å². The number of ether oxygens (including phenoxy) is 2. The quantitative estimate of drug-likeness (QED) is 0.913. The van der Waals surface area contributed by atoms with Gasteiger partial charge in [0.2, 0.25) is 5.91 Å². The lowest BCUT2D eigenvalue weighted by molar-refractivity contribution is -0.126. The van der Waals surface area contributed by atoms with Crippen LogP contribution in [-0.4, -0.2) is 49.6 Å². The van der Waals surface area contributed by atoms with Gasteiger partial charge in [0.05, 0.1) is 0 Å². The number of hydrogen-bond acceptors (Lipinski definition) is 4. The highest BCUT2D eigenvalue weighted by molar-refractivity contribution is 5.95.